The second kappa shape index (κ2) is 9.35. The lowest BCUT2D eigenvalue weighted by atomic mass is 10.1. The Morgan fingerprint density at radius 1 is 1.07 bits per heavy atom. The standard InChI is InChI=1S/C20H19Cl2NO6/c1-26-16-4-3-11(9-17(16)29-13-5-6-28-10-13)19(24)23-18-14(21)7-12(8-15(18)22)20(25)27-2/h3-4,7-9,13H,5-6,10H2,1-2H3,(H,23,24). The van der Waals surface area contributed by atoms with E-state index in [9.17, 15) is 9.59 Å². The summed E-state index contributed by atoms with van der Waals surface area (Å²) in [5.41, 5.74) is 0.691. The summed E-state index contributed by atoms with van der Waals surface area (Å²) in [6, 6.07) is 7.56. The summed E-state index contributed by atoms with van der Waals surface area (Å²) in [4.78, 5) is 24.4. The van der Waals surface area contributed by atoms with Gasteiger partial charge in [0.05, 0.1) is 48.7 Å². The van der Waals surface area contributed by atoms with Crippen LogP contribution in [0.3, 0.4) is 0 Å². The average molecular weight is 440 g/mol. The van der Waals surface area contributed by atoms with Crippen LogP contribution in [-0.2, 0) is 9.47 Å². The van der Waals surface area contributed by atoms with E-state index in [2.05, 4.69) is 10.1 Å². The third kappa shape index (κ3) is 4.93. The highest BCUT2D eigenvalue weighted by Gasteiger charge is 2.21. The van der Waals surface area contributed by atoms with Crippen molar-refractivity contribution in [3.05, 3.63) is 51.5 Å². The predicted molar refractivity (Wildman–Crippen MR) is 109 cm³/mol. The zero-order valence-electron chi connectivity index (χ0n) is 15.8. The lowest BCUT2D eigenvalue weighted by molar-refractivity contribution is 0.0600. The van der Waals surface area contributed by atoms with Gasteiger partial charge in [-0.1, -0.05) is 23.2 Å². The zero-order chi connectivity index (χ0) is 21.0. The van der Waals surface area contributed by atoms with Crippen molar-refractivity contribution < 1.29 is 28.5 Å². The molecule has 0 aliphatic carbocycles. The summed E-state index contributed by atoms with van der Waals surface area (Å²) in [5, 5.41) is 2.88. The summed E-state index contributed by atoms with van der Waals surface area (Å²) >= 11 is 12.4. The third-order valence-corrected chi connectivity index (χ3v) is 4.91. The average Bonchev–Trinajstić information content (AvgIpc) is 3.22. The Hall–Kier alpha value is -2.48. The number of carbonyl (C=O) groups excluding carboxylic acids is 2. The molecule has 1 saturated heterocycles. The van der Waals surface area contributed by atoms with Gasteiger partial charge in [0, 0.05) is 12.0 Å². The minimum absolute atomic E-state index is 0.100. The van der Waals surface area contributed by atoms with E-state index in [1.807, 2.05) is 0 Å². The number of amides is 1. The van der Waals surface area contributed by atoms with Gasteiger partial charge in [0.2, 0.25) is 0 Å². The monoisotopic (exact) mass is 439 g/mol. The first-order chi connectivity index (χ1) is 13.9. The maximum Gasteiger partial charge on any atom is 0.337 e. The molecular weight excluding hydrogens is 421 g/mol. The number of hydrogen-bond donors (Lipinski definition) is 1. The van der Waals surface area contributed by atoms with Gasteiger partial charge in [-0.3, -0.25) is 4.79 Å². The summed E-state index contributed by atoms with van der Waals surface area (Å²) in [7, 11) is 2.77. The van der Waals surface area contributed by atoms with Crippen LogP contribution in [0.4, 0.5) is 5.69 Å². The fourth-order valence-corrected chi connectivity index (χ4v) is 3.39. The van der Waals surface area contributed by atoms with Gasteiger partial charge in [0.15, 0.2) is 11.5 Å². The van der Waals surface area contributed by atoms with E-state index in [-0.39, 0.29) is 27.4 Å². The molecule has 154 valence electrons. The van der Waals surface area contributed by atoms with E-state index < -0.39 is 11.9 Å². The van der Waals surface area contributed by atoms with Gasteiger partial charge < -0.3 is 24.3 Å². The second-order valence-electron chi connectivity index (χ2n) is 6.23. The normalized spacial score (nSPS) is 15.7. The largest absolute Gasteiger partial charge is 0.493 e. The highest BCUT2D eigenvalue weighted by molar-refractivity contribution is 6.40. The molecule has 1 amide bonds. The molecule has 0 spiro atoms. The van der Waals surface area contributed by atoms with Crippen LogP contribution in [0.1, 0.15) is 27.1 Å². The van der Waals surface area contributed by atoms with Gasteiger partial charge >= 0.3 is 5.97 Å². The molecule has 1 aliphatic heterocycles. The Kier molecular flexibility index (Phi) is 6.84. The van der Waals surface area contributed by atoms with E-state index in [1.165, 1.54) is 26.4 Å². The second-order valence-corrected chi connectivity index (χ2v) is 7.04. The first-order valence-electron chi connectivity index (χ1n) is 8.74. The quantitative estimate of drug-likeness (QED) is 0.678. The van der Waals surface area contributed by atoms with E-state index in [0.29, 0.717) is 30.3 Å². The fourth-order valence-electron chi connectivity index (χ4n) is 2.81. The highest BCUT2D eigenvalue weighted by Crippen LogP contribution is 2.34. The number of anilines is 1. The Balaban J connectivity index is 1.82. The molecule has 2 aromatic carbocycles. The van der Waals surface area contributed by atoms with Crippen LogP contribution in [0.15, 0.2) is 30.3 Å². The molecule has 9 heteroatoms. The predicted octanol–water partition coefficient (Wildman–Crippen LogP) is 4.21. The smallest absolute Gasteiger partial charge is 0.337 e. The van der Waals surface area contributed by atoms with Crippen molar-refractivity contribution in [3.8, 4) is 11.5 Å². The molecule has 1 unspecified atom stereocenters. The zero-order valence-corrected chi connectivity index (χ0v) is 17.3. The molecule has 2 aromatic rings. The van der Waals surface area contributed by atoms with Gasteiger partial charge in [-0.05, 0) is 30.3 Å². The fraction of sp³-hybridized carbons (Fsp3) is 0.300. The summed E-state index contributed by atoms with van der Waals surface area (Å²) in [5.74, 6) is -0.0878. The Morgan fingerprint density at radius 3 is 2.38 bits per heavy atom. The van der Waals surface area contributed by atoms with Crippen LogP contribution in [0.2, 0.25) is 10.0 Å². The molecule has 0 saturated carbocycles. The van der Waals surface area contributed by atoms with Gasteiger partial charge in [-0.25, -0.2) is 4.79 Å². The molecule has 1 N–H and O–H groups in total. The highest BCUT2D eigenvalue weighted by atomic mass is 35.5. The molecule has 3 rings (SSSR count). The lowest BCUT2D eigenvalue weighted by Crippen LogP contribution is -2.17. The molecule has 29 heavy (non-hydrogen) atoms. The maximum atomic E-state index is 12.7. The Morgan fingerprint density at radius 2 is 1.79 bits per heavy atom. The Labute approximate surface area is 177 Å². The summed E-state index contributed by atoms with van der Waals surface area (Å²) < 4.78 is 21.2. The molecule has 0 aromatic heterocycles. The van der Waals surface area contributed by atoms with E-state index in [1.54, 1.807) is 18.2 Å². The SMILES string of the molecule is COC(=O)c1cc(Cl)c(NC(=O)c2ccc(OC)c(OC3CCOC3)c2)c(Cl)c1. The first-order valence-corrected chi connectivity index (χ1v) is 9.49. The van der Waals surface area contributed by atoms with E-state index >= 15 is 0 Å². The summed E-state index contributed by atoms with van der Waals surface area (Å²) in [6.45, 7) is 1.11. The maximum absolute atomic E-state index is 12.7. The van der Waals surface area contributed by atoms with Gasteiger partial charge in [0.1, 0.15) is 6.10 Å². The van der Waals surface area contributed by atoms with Crippen LogP contribution >= 0.6 is 23.2 Å². The van der Waals surface area contributed by atoms with Gasteiger partial charge in [-0.2, -0.15) is 0 Å². The topological polar surface area (TPSA) is 83.1 Å². The third-order valence-electron chi connectivity index (χ3n) is 4.31. The van der Waals surface area contributed by atoms with Gasteiger partial charge in [0.25, 0.3) is 5.91 Å². The van der Waals surface area contributed by atoms with Crippen LogP contribution in [-0.4, -0.2) is 45.4 Å². The molecule has 1 heterocycles. The summed E-state index contributed by atoms with van der Waals surface area (Å²) in [6.07, 6.45) is 0.661. The Bertz CT molecular complexity index is 904. The molecule has 0 bridgehead atoms. The number of ether oxygens (including phenoxy) is 4. The lowest BCUT2D eigenvalue weighted by Gasteiger charge is -2.16. The van der Waals surface area contributed by atoms with Crippen molar-refractivity contribution in [1.29, 1.82) is 0 Å². The minimum Gasteiger partial charge on any atom is -0.493 e. The molecule has 1 atom stereocenters. The molecule has 0 radical (unpaired) electrons. The number of methoxy groups -OCH3 is 2. The van der Waals surface area contributed by atoms with Crippen molar-refractivity contribution in [3.63, 3.8) is 0 Å². The first kappa shape index (κ1) is 21.2. The van der Waals surface area contributed by atoms with Gasteiger partial charge in [-0.15, -0.1) is 0 Å². The van der Waals surface area contributed by atoms with Crippen molar-refractivity contribution in [1.82, 2.24) is 0 Å². The van der Waals surface area contributed by atoms with Crippen molar-refractivity contribution >= 4 is 40.8 Å². The van der Waals surface area contributed by atoms with E-state index in [4.69, 9.17) is 37.4 Å². The van der Waals surface area contributed by atoms with Crippen molar-refractivity contribution in [2.24, 2.45) is 0 Å². The molecule has 7 nitrogen and oxygen atoms in total. The minimum atomic E-state index is -0.584. The van der Waals surface area contributed by atoms with Crippen LogP contribution < -0.4 is 14.8 Å². The number of hydrogen-bond acceptors (Lipinski definition) is 6. The van der Waals surface area contributed by atoms with Crippen molar-refractivity contribution in [2.75, 3.05) is 32.8 Å². The molecular formula is C20H19Cl2NO6. The van der Waals surface area contributed by atoms with Crippen LogP contribution in [0, 0.1) is 0 Å². The number of benzene rings is 2. The molecule has 1 fully saturated rings. The number of halogens is 2. The molecule has 1 aliphatic rings. The number of nitrogens with one attached hydrogen (secondary N) is 1. The van der Waals surface area contributed by atoms with Crippen LogP contribution in [0.5, 0.6) is 11.5 Å². The van der Waals surface area contributed by atoms with Crippen LogP contribution in [0.25, 0.3) is 0 Å². The number of carbonyl (C=O) groups is 2. The number of esters is 1. The number of rotatable bonds is 6. The van der Waals surface area contributed by atoms with E-state index in [0.717, 1.165) is 6.42 Å². The van der Waals surface area contributed by atoms with Crippen molar-refractivity contribution in [2.45, 2.75) is 12.5 Å².